The lowest BCUT2D eigenvalue weighted by Gasteiger charge is -2.07. The summed E-state index contributed by atoms with van der Waals surface area (Å²) in [5, 5.41) is 9.40. The van der Waals surface area contributed by atoms with Crippen LogP contribution in [0.15, 0.2) is 79.0 Å². The molecule has 5 heteroatoms. The zero-order chi connectivity index (χ0) is 19.3. The van der Waals surface area contributed by atoms with Crippen LogP contribution >= 0.6 is 0 Å². The van der Waals surface area contributed by atoms with E-state index in [1.54, 1.807) is 6.07 Å². The van der Waals surface area contributed by atoms with Crippen molar-refractivity contribution in [2.24, 2.45) is 0 Å². The van der Waals surface area contributed by atoms with E-state index in [0.717, 1.165) is 10.8 Å². The Morgan fingerprint density at radius 1 is 1.00 bits per heavy atom. The minimum atomic E-state index is -0.241. The number of aryl methyl sites for hydroxylation is 1. The summed E-state index contributed by atoms with van der Waals surface area (Å²) < 4.78 is 7.43. The van der Waals surface area contributed by atoms with Gasteiger partial charge in [0.2, 0.25) is 0 Å². The summed E-state index contributed by atoms with van der Waals surface area (Å²) in [6.07, 6.45) is 1.85. The highest BCUT2D eigenvalue weighted by Crippen LogP contribution is 2.20. The SMILES string of the molecule is Cc1ccccc1Cn1ccc(NC(=O)COc2ccc3ccccc3c2)n1. The van der Waals surface area contributed by atoms with Crippen LogP contribution in [0, 0.1) is 6.92 Å². The minimum absolute atomic E-state index is 0.0665. The Bertz CT molecular complexity index is 1120. The van der Waals surface area contributed by atoms with Crippen molar-refractivity contribution >= 4 is 22.5 Å². The van der Waals surface area contributed by atoms with Crippen molar-refractivity contribution in [2.75, 3.05) is 11.9 Å². The summed E-state index contributed by atoms with van der Waals surface area (Å²) in [5.74, 6) is 0.939. The third-order valence-electron chi connectivity index (χ3n) is 4.59. The van der Waals surface area contributed by atoms with Crippen molar-refractivity contribution in [1.82, 2.24) is 9.78 Å². The fourth-order valence-electron chi connectivity index (χ4n) is 3.06. The average Bonchev–Trinajstić information content (AvgIpc) is 3.15. The first-order valence-corrected chi connectivity index (χ1v) is 9.17. The van der Waals surface area contributed by atoms with Gasteiger partial charge in [-0.1, -0.05) is 54.6 Å². The maximum absolute atomic E-state index is 12.2. The van der Waals surface area contributed by atoms with E-state index >= 15 is 0 Å². The van der Waals surface area contributed by atoms with Crippen molar-refractivity contribution in [1.29, 1.82) is 0 Å². The van der Waals surface area contributed by atoms with Gasteiger partial charge in [0.1, 0.15) is 5.75 Å². The van der Waals surface area contributed by atoms with Gasteiger partial charge in [0.05, 0.1) is 6.54 Å². The van der Waals surface area contributed by atoms with Gasteiger partial charge in [0, 0.05) is 12.3 Å². The number of carbonyl (C=O) groups excluding carboxylic acids is 1. The molecule has 1 aromatic heterocycles. The number of benzene rings is 3. The van der Waals surface area contributed by atoms with Gasteiger partial charge in [0.15, 0.2) is 12.4 Å². The van der Waals surface area contributed by atoms with Crippen LogP contribution in [0.2, 0.25) is 0 Å². The van der Waals surface area contributed by atoms with Crippen LogP contribution in [0.25, 0.3) is 10.8 Å². The Morgan fingerprint density at radius 3 is 2.64 bits per heavy atom. The summed E-state index contributed by atoms with van der Waals surface area (Å²) in [6, 6.07) is 23.8. The molecule has 5 nitrogen and oxygen atoms in total. The molecule has 0 fully saturated rings. The van der Waals surface area contributed by atoms with Crippen LogP contribution in [0.5, 0.6) is 5.75 Å². The second-order valence-electron chi connectivity index (χ2n) is 6.67. The predicted octanol–water partition coefficient (Wildman–Crippen LogP) is 4.41. The smallest absolute Gasteiger partial charge is 0.263 e. The van der Waals surface area contributed by atoms with Crippen molar-refractivity contribution in [3.63, 3.8) is 0 Å². The number of rotatable bonds is 6. The highest BCUT2D eigenvalue weighted by atomic mass is 16.5. The Kier molecular flexibility index (Phi) is 5.06. The fourth-order valence-corrected chi connectivity index (χ4v) is 3.06. The molecule has 0 unspecified atom stereocenters. The molecule has 0 saturated heterocycles. The number of carbonyl (C=O) groups is 1. The molecule has 1 N–H and O–H groups in total. The number of hydrogen-bond acceptors (Lipinski definition) is 3. The molecule has 0 aliphatic rings. The molecule has 3 aromatic carbocycles. The number of nitrogens with one attached hydrogen (secondary N) is 1. The first kappa shape index (κ1) is 17.8. The molecule has 4 aromatic rings. The van der Waals surface area contributed by atoms with Crippen molar-refractivity contribution in [2.45, 2.75) is 13.5 Å². The summed E-state index contributed by atoms with van der Waals surface area (Å²) in [5.41, 5.74) is 2.41. The van der Waals surface area contributed by atoms with E-state index in [4.69, 9.17) is 4.74 Å². The molecule has 28 heavy (non-hydrogen) atoms. The van der Waals surface area contributed by atoms with Crippen LogP contribution in [0.4, 0.5) is 5.82 Å². The van der Waals surface area contributed by atoms with Crippen LogP contribution in [-0.2, 0) is 11.3 Å². The molecule has 140 valence electrons. The molecule has 0 bridgehead atoms. The van der Waals surface area contributed by atoms with Gasteiger partial charge in [-0.2, -0.15) is 5.10 Å². The first-order chi connectivity index (χ1) is 13.7. The summed E-state index contributed by atoms with van der Waals surface area (Å²) >= 11 is 0. The lowest BCUT2D eigenvalue weighted by molar-refractivity contribution is -0.118. The number of nitrogens with zero attached hydrogens (tertiary/aromatic N) is 2. The third-order valence-corrected chi connectivity index (χ3v) is 4.59. The van der Waals surface area contributed by atoms with Gasteiger partial charge in [-0.15, -0.1) is 0 Å². The number of ether oxygens (including phenoxy) is 1. The summed E-state index contributed by atoms with van der Waals surface area (Å²) in [4.78, 5) is 12.2. The zero-order valence-electron chi connectivity index (χ0n) is 15.6. The van der Waals surface area contributed by atoms with E-state index in [2.05, 4.69) is 29.5 Å². The van der Waals surface area contributed by atoms with Gasteiger partial charge >= 0.3 is 0 Å². The lowest BCUT2D eigenvalue weighted by atomic mass is 10.1. The quantitative estimate of drug-likeness (QED) is 0.546. The Morgan fingerprint density at radius 2 is 1.79 bits per heavy atom. The summed E-state index contributed by atoms with van der Waals surface area (Å²) in [6.45, 7) is 2.67. The van der Waals surface area contributed by atoms with E-state index in [-0.39, 0.29) is 12.5 Å². The molecular formula is C23H21N3O2. The molecule has 0 saturated carbocycles. The fraction of sp³-hybridized carbons (Fsp3) is 0.130. The van der Waals surface area contributed by atoms with Crippen molar-refractivity contribution in [3.8, 4) is 5.75 Å². The molecule has 1 heterocycles. The highest BCUT2D eigenvalue weighted by molar-refractivity contribution is 5.91. The normalized spacial score (nSPS) is 10.8. The predicted molar refractivity (Wildman–Crippen MR) is 111 cm³/mol. The molecule has 1 amide bonds. The van der Waals surface area contributed by atoms with Gasteiger partial charge in [0.25, 0.3) is 5.91 Å². The van der Waals surface area contributed by atoms with Gasteiger partial charge in [-0.25, -0.2) is 0 Å². The molecule has 0 radical (unpaired) electrons. The second kappa shape index (κ2) is 7.96. The average molecular weight is 371 g/mol. The van der Waals surface area contributed by atoms with Crippen molar-refractivity contribution < 1.29 is 9.53 Å². The van der Waals surface area contributed by atoms with Crippen LogP contribution in [0.1, 0.15) is 11.1 Å². The molecule has 0 spiro atoms. The molecule has 0 atom stereocenters. The first-order valence-electron chi connectivity index (χ1n) is 9.17. The van der Waals surface area contributed by atoms with Gasteiger partial charge in [-0.05, 0) is 41.0 Å². The Hall–Kier alpha value is -3.60. The zero-order valence-corrected chi connectivity index (χ0v) is 15.6. The number of anilines is 1. The highest BCUT2D eigenvalue weighted by Gasteiger charge is 2.07. The third kappa shape index (κ3) is 4.20. The Balaban J connectivity index is 1.33. The molecule has 0 aliphatic carbocycles. The van der Waals surface area contributed by atoms with Gasteiger partial charge in [-0.3, -0.25) is 9.48 Å². The van der Waals surface area contributed by atoms with E-state index in [1.165, 1.54) is 11.1 Å². The standard InChI is InChI=1S/C23H21N3O2/c1-17-6-2-3-9-20(17)15-26-13-12-22(25-26)24-23(27)16-28-21-11-10-18-7-4-5-8-19(18)14-21/h2-14H,15-16H2,1H3,(H,24,25,27). The Labute approximate surface area is 163 Å². The van der Waals surface area contributed by atoms with E-state index in [9.17, 15) is 4.79 Å². The maximum atomic E-state index is 12.2. The molecule has 0 aliphatic heterocycles. The van der Waals surface area contributed by atoms with Crippen LogP contribution in [0.3, 0.4) is 0 Å². The van der Waals surface area contributed by atoms with Crippen LogP contribution < -0.4 is 10.1 Å². The molecule has 4 rings (SSSR count). The lowest BCUT2D eigenvalue weighted by Crippen LogP contribution is -2.20. The van der Waals surface area contributed by atoms with E-state index < -0.39 is 0 Å². The second-order valence-corrected chi connectivity index (χ2v) is 6.67. The largest absolute Gasteiger partial charge is 0.484 e. The van der Waals surface area contributed by atoms with E-state index in [1.807, 2.05) is 65.5 Å². The molecular weight excluding hydrogens is 350 g/mol. The van der Waals surface area contributed by atoms with Crippen molar-refractivity contribution in [3.05, 3.63) is 90.1 Å². The maximum Gasteiger partial charge on any atom is 0.263 e. The number of amides is 1. The number of hydrogen-bond donors (Lipinski definition) is 1. The minimum Gasteiger partial charge on any atom is -0.484 e. The number of aromatic nitrogens is 2. The van der Waals surface area contributed by atoms with Crippen LogP contribution in [-0.4, -0.2) is 22.3 Å². The summed E-state index contributed by atoms with van der Waals surface area (Å²) in [7, 11) is 0. The van der Waals surface area contributed by atoms with Gasteiger partial charge < -0.3 is 10.1 Å². The monoisotopic (exact) mass is 371 g/mol. The number of fused-ring (bicyclic) bond motifs is 1. The van der Waals surface area contributed by atoms with E-state index in [0.29, 0.717) is 18.1 Å². The topological polar surface area (TPSA) is 56.2 Å².